The van der Waals surface area contributed by atoms with E-state index in [0.29, 0.717) is 25.2 Å². The first-order valence-electron chi connectivity index (χ1n) is 5.25. The molecule has 0 saturated heterocycles. The van der Waals surface area contributed by atoms with Gasteiger partial charge < -0.3 is 15.7 Å². The van der Waals surface area contributed by atoms with Crippen LogP contribution >= 0.6 is 0 Å². The minimum atomic E-state index is -1.04. The van der Waals surface area contributed by atoms with E-state index in [-0.39, 0.29) is 0 Å². The van der Waals surface area contributed by atoms with Gasteiger partial charge in [0.05, 0.1) is 0 Å². The number of nitrogens with zero attached hydrogens (tertiary/aromatic N) is 2. The van der Waals surface area contributed by atoms with Gasteiger partial charge in [-0.05, 0) is 6.42 Å². The minimum Gasteiger partial charge on any atom is -0.480 e. The molecule has 0 spiro atoms. The minimum absolute atomic E-state index is 0.338. The lowest BCUT2D eigenvalue weighted by atomic mass is 10.2. The van der Waals surface area contributed by atoms with Crippen molar-refractivity contribution in [2.45, 2.75) is 25.8 Å². The lowest BCUT2D eigenvalue weighted by molar-refractivity contribution is -0.139. The lowest BCUT2D eigenvalue weighted by Gasteiger charge is -2.12. The number of aliphatic carboxylic acids is 1. The number of H-pyrrole nitrogens is 1. The van der Waals surface area contributed by atoms with Crippen LogP contribution in [0.3, 0.4) is 0 Å². The fourth-order valence-corrected chi connectivity index (χ4v) is 1.19. The number of carboxylic acid groups (broad SMARTS) is 1. The first-order chi connectivity index (χ1) is 8.13. The molecule has 17 heavy (non-hydrogen) atoms. The number of rotatable bonds is 6. The van der Waals surface area contributed by atoms with E-state index in [9.17, 15) is 9.59 Å². The fourth-order valence-electron chi connectivity index (χ4n) is 1.19. The maximum Gasteiger partial charge on any atom is 0.326 e. The molecular weight excluding hydrogens is 226 g/mol. The van der Waals surface area contributed by atoms with Crippen molar-refractivity contribution in [1.29, 1.82) is 0 Å². The number of carbonyl (C=O) groups is 2. The van der Waals surface area contributed by atoms with Gasteiger partial charge in [0, 0.05) is 13.0 Å². The maximum atomic E-state index is 11.3. The van der Waals surface area contributed by atoms with Crippen LogP contribution in [0.2, 0.25) is 0 Å². The number of carboxylic acids is 1. The first kappa shape index (κ1) is 12.9. The summed E-state index contributed by atoms with van der Waals surface area (Å²) in [6, 6.07) is -1.36. The highest BCUT2D eigenvalue weighted by Gasteiger charge is 2.16. The highest BCUT2D eigenvalue weighted by Crippen LogP contribution is 1.90. The normalized spacial score (nSPS) is 11.8. The standard InChI is InChI=1S/C9H15N5O3/c1-2-6(8(15)16)13-9(17)10-4-3-7-11-5-12-14-7/h5-6H,2-4H2,1H3,(H,15,16)(H2,10,13,17)(H,11,12,14). The highest BCUT2D eigenvalue weighted by atomic mass is 16.4. The Hall–Kier alpha value is -2.12. The van der Waals surface area contributed by atoms with E-state index < -0.39 is 18.0 Å². The van der Waals surface area contributed by atoms with E-state index in [1.807, 2.05) is 0 Å². The number of urea groups is 1. The average Bonchev–Trinajstić information content (AvgIpc) is 2.78. The van der Waals surface area contributed by atoms with E-state index in [4.69, 9.17) is 5.11 Å². The summed E-state index contributed by atoms with van der Waals surface area (Å²) in [5, 5.41) is 19.9. The molecule has 1 unspecified atom stereocenters. The second-order valence-electron chi connectivity index (χ2n) is 3.38. The van der Waals surface area contributed by atoms with Gasteiger partial charge in [0.1, 0.15) is 18.2 Å². The molecule has 8 heteroatoms. The van der Waals surface area contributed by atoms with Crippen LogP contribution in [0.4, 0.5) is 4.79 Å². The fraction of sp³-hybridized carbons (Fsp3) is 0.556. The smallest absolute Gasteiger partial charge is 0.326 e. The van der Waals surface area contributed by atoms with Crippen molar-refractivity contribution >= 4 is 12.0 Å². The van der Waals surface area contributed by atoms with E-state index in [1.165, 1.54) is 6.33 Å². The summed E-state index contributed by atoms with van der Waals surface area (Å²) in [6.07, 6.45) is 2.23. The summed E-state index contributed by atoms with van der Waals surface area (Å²) >= 11 is 0. The van der Waals surface area contributed by atoms with Crippen LogP contribution in [-0.2, 0) is 11.2 Å². The van der Waals surface area contributed by atoms with Crippen LogP contribution in [0.5, 0.6) is 0 Å². The maximum absolute atomic E-state index is 11.3. The number of nitrogens with one attached hydrogen (secondary N) is 3. The summed E-state index contributed by atoms with van der Waals surface area (Å²) in [7, 11) is 0. The van der Waals surface area contributed by atoms with E-state index in [0.717, 1.165) is 0 Å². The molecule has 1 aromatic heterocycles. The van der Waals surface area contributed by atoms with Gasteiger partial charge >= 0.3 is 12.0 Å². The second-order valence-corrected chi connectivity index (χ2v) is 3.38. The Labute approximate surface area is 97.8 Å². The molecule has 4 N–H and O–H groups in total. The Balaban J connectivity index is 2.23. The SMILES string of the molecule is CCC(NC(=O)NCCc1ncn[nH]1)C(=O)O. The quantitative estimate of drug-likeness (QED) is 0.535. The molecule has 94 valence electrons. The van der Waals surface area contributed by atoms with Gasteiger partial charge in [0.25, 0.3) is 0 Å². The average molecular weight is 241 g/mol. The molecule has 1 heterocycles. The first-order valence-corrected chi connectivity index (χ1v) is 5.25. The van der Waals surface area contributed by atoms with E-state index in [1.54, 1.807) is 6.92 Å². The summed E-state index contributed by atoms with van der Waals surface area (Å²) in [5.74, 6) is -0.381. The number of aromatic nitrogens is 3. The van der Waals surface area contributed by atoms with Crippen molar-refractivity contribution in [3.8, 4) is 0 Å². The Kier molecular flexibility index (Phi) is 4.92. The lowest BCUT2D eigenvalue weighted by Crippen LogP contribution is -2.46. The highest BCUT2D eigenvalue weighted by molar-refractivity contribution is 5.82. The Bertz CT molecular complexity index is 365. The van der Waals surface area contributed by atoms with Crippen LogP contribution in [0.15, 0.2) is 6.33 Å². The molecule has 0 aliphatic heterocycles. The number of hydrogen-bond donors (Lipinski definition) is 4. The molecule has 1 aromatic rings. The Morgan fingerprint density at radius 1 is 1.59 bits per heavy atom. The Morgan fingerprint density at radius 2 is 2.35 bits per heavy atom. The molecule has 0 aromatic carbocycles. The molecule has 8 nitrogen and oxygen atoms in total. The van der Waals surface area contributed by atoms with Crippen molar-refractivity contribution in [3.63, 3.8) is 0 Å². The third kappa shape index (κ3) is 4.49. The molecule has 1 rings (SSSR count). The zero-order chi connectivity index (χ0) is 12.7. The van der Waals surface area contributed by atoms with Crippen molar-refractivity contribution in [1.82, 2.24) is 25.8 Å². The van der Waals surface area contributed by atoms with Gasteiger partial charge in [-0.25, -0.2) is 14.6 Å². The van der Waals surface area contributed by atoms with Crippen LogP contribution in [0, 0.1) is 0 Å². The molecule has 1 atom stereocenters. The zero-order valence-electron chi connectivity index (χ0n) is 9.43. The summed E-state index contributed by atoms with van der Waals surface area (Å²) in [6.45, 7) is 2.05. The molecule has 0 saturated carbocycles. The molecule has 0 aliphatic rings. The molecule has 0 fully saturated rings. The van der Waals surface area contributed by atoms with Crippen LogP contribution in [-0.4, -0.2) is 44.9 Å². The number of amides is 2. The Morgan fingerprint density at radius 3 is 2.88 bits per heavy atom. The van der Waals surface area contributed by atoms with Gasteiger partial charge in [-0.2, -0.15) is 5.10 Å². The zero-order valence-corrected chi connectivity index (χ0v) is 9.43. The van der Waals surface area contributed by atoms with Crippen LogP contribution in [0.1, 0.15) is 19.2 Å². The number of aromatic amines is 1. The number of hydrogen-bond acceptors (Lipinski definition) is 4. The van der Waals surface area contributed by atoms with Gasteiger partial charge in [-0.3, -0.25) is 5.10 Å². The monoisotopic (exact) mass is 241 g/mol. The van der Waals surface area contributed by atoms with E-state index >= 15 is 0 Å². The molecule has 0 bridgehead atoms. The van der Waals surface area contributed by atoms with Crippen molar-refractivity contribution in [2.75, 3.05) is 6.54 Å². The van der Waals surface area contributed by atoms with Crippen molar-refractivity contribution in [3.05, 3.63) is 12.2 Å². The third-order valence-electron chi connectivity index (χ3n) is 2.12. The third-order valence-corrected chi connectivity index (χ3v) is 2.12. The predicted molar refractivity (Wildman–Crippen MR) is 58.3 cm³/mol. The van der Waals surface area contributed by atoms with Crippen LogP contribution < -0.4 is 10.6 Å². The molecular formula is C9H15N5O3. The van der Waals surface area contributed by atoms with Crippen LogP contribution in [0.25, 0.3) is 0 Å². The topological polar surface area (TPSA) is 120 Å². The summed E-state index contributed by atoms with van der Waals surface area (Å²) in [5.41, 5.74) is 0. The predicted octanol–water partition coefficient (Wildman–Crippen LogP) is -0.490. The van der Waals surface area contributed by atoms with Crippen molar-refractivity contribution in [2.24, 2.45) is 0 Å². The molecule has 0 aliphatic carbocycles. The largest absolute Gasteiger partial charge is 0.480 e. The van der Waals surface area contributed by atoms with Gasteiger partial charge in [0.15, 0.2) is 0 Å². The number of carbonyl (C=O) groups excluding carboxylic acids is 1. The summed E-state index contributed by atoms with van der Waals surface area (Å²) < 4.78 is 0. The van der Waals surface area contributed by atoms with Gasteiger partial charge in [-0.15, -0.1) is 0 Å². The van der Waals surface area contributed by atoms with Gasteiger partial charge in [0.2, 0.25) is 0 Å². The van der Waals surface area contributed by atoms with Gasteiger partial charge in [-0.1, -0.05) is 6.92 Å². The second kappa shape index (κ2) is 6.46. The van der Waals surface area contributed by atoms with E-state index in [2.05, 4.69) is 25.8 Å². The summed E-state index contributed by atoms with van der Waals surface area (Å²) in [4.78, 5) is 25.9. The van der Waals surface area contributed by atoms with Crippen molar-refractivity contribution < 1.29 is 14.7 Å². The molecule has 0 radical (unpaired) electrons. The molecule has 2 amide bonds.